The van der Waals surface area contributed by atoms with Gasteiger partial charge in [0.05, 0.1) is 12.1 Å². The lowest BCUT2D eigenvalue weighted by molar-refractivity contribution is 0.0322. The Bertz CT molecular complexity index is 613. The average molecular weight is 327 g/mol. The molecule has 0 fully saturated rings. The summed E-state index contributed by atoms with van der Waals surface area (Å²) in [5.41, 5.74) is 1.95. The highest BCUT2D eigenvalue weighted by molar-refractivity contribution is 5.68. The molecule has 1 amide bonds. The van der Waals surface area contributed by atoms with Crippen LogP contribution in [0.25, 0.3) is 0 Å². The third kappa shape index (κ3) is 5.10. The summed E-state index contributed by atoms with van der Waals surface area (Å²) in [6, 6.07) is 19.0. The molecule has 2 atom stereocenters. The quantitative estimate of drug-likeness (QED) is 0.836. The molecule has 2 aromatic carbocycles. The van der Waals surface area contributed by atoms with Gasteiger partial charge in [0.25, 0.3) is 0 Å². The number of aliphatic hydroxyl groups excluding tert-OH is 1. The molecule has 2 aromatic rings. The minimum absolute atomic E-state index is 0.223. The van der Waals surface area contributed by atoms with Crippen LogP contribution in [0.15, 0.2) is 60.7 Å². The van der Waals surface area contributed by atoms with Crippen molar-refractivity contribution in [1.82, 2.24) is 4.90 Å². The van der Waals surface area contributed by atoms with Gasteiger partial charge in [0.1, 0.15) is 6.61 Å². The van der Waals surface area contributed by atoms with Crippen LogP contribution in [0, 0.1) is 0 Å². The summed E-state index contributed by atoms with van der Waals surface area (Å²) >= 11 is 0. The highest BCUT2D eigenvalue weighted by atomic mass is 16.6. The van der Waals surface area contributed by atoms with E-state index in [0.717, 1.165) is 11.1 Å². The fourth-order valence-corrected chi connectivity index (χ4v) is 2.72. The third-order valence-corrected chi connectivity index (χ3v) is 4.01. The lowest BCUT2D eigenvalue weighted by Crippen LogP contribution is -2.45. The molecule has 2 rings (SSSR count). The van der Waals surface area contributed by atoms with E-state index in [9.17, 15) is 9.90 Å². The van der Waals surface area contributed by atoms with Crippen molar-refractivity contribution in [3.05, 3.63) is 71.8 Å². The zero-order chi connectivity index (χ0) is 17.4. The maximum absolute atomic E-state index is 12.6. The second-order valence-corrected chi connectivity index (χ2v) is 5.87. The highest BCUT2D eigenvalue weighted by Gasteiger charge is 2.27. The number of aliphatic hydroxyl groups is 1. The summed E-state index contributed by atoms with van der Waals surface area (Å²) in [6.45, 7) is 4.30. The minimum atomic E-state index is -0.622. The van der Waals surface area contributed by atoms with Gasteiger partial charge in [-0.1, -0.05) is 67.6 Å². The number of carbonyl (C=O) groups is 1. The van der Waals surface area contributed by atoms with Gasteiger partial charge in [0.2, 0.25) is 0 Å². The number of rotatable bonds is 7. The van der Waals surface area contributed by atoms with E-state index in [2.05, 4.69) is 0 Å². The smallest absolute Gasteiger partial charge is 0.410 e. The van der Waals surface area contributed by atoms with Crippen molar-refractivity contribution < 1.29 is 14.6 Å². The van der Waals surface area contributed by atoms with Crippen molar-refractivity contribution in [2.24, 2.45) is 0 Å². The van der Waals surface area contributed by atoms with Gasteiger partial charge in [-0.05, 0) is 24.5 Å². The number of hydrogen-bond acceptors (Lipinski definition) is 3. The van der Waals surface area contributed by atoms with Gasteiger partial charge in [0.15, 0.2) is 0 Å². The van der Waals surface area contributed by atoms with Crippen LogP contribution < -0.4 is 0 Å². The predicted octanol–water partition coefficient (Wildman–Crippen LogP) is 3.98. The summed E-state index contributed by atoms with van der Waals surface area (Å²) in [6.07, 6.45) is -0.372. The van der Waals surface area contributed by atoms with Gasteiger partial charge < -0.3 is 9.84 Å². The molecule has 0 aliphatic rings. The molecular formula is C20H25NO3. The second kappa shape index (κ2) is 9.08. The highest BCUT2D eigenvalue weighted by Crippen LogP contribution is 2.16. The molecule has 128 valence electrons. The Kier molecular flexibility index (Phi) is 6.82. The monoisotopic (exact) mass is 327 g/mol. The van der Waals surface area contributed by atoms with E-state index in [0.29, 0.717) is 13.0 Å². The Labute approximate surface area is 143 Å². The SMILES string of the molecule is CC[C@H]([C@H](C)O)N(Cc1ccccc1)C(=O)OCc1ccccc1. The summed E-state index contributed by atoms with van der Waals surface area (Å²) in [5, 5.41) is 10.0. The number of amides is 1. The summed E-state index contributed by atoms with van der Waals surface area (Å²) in [5.74, 6) is 0. The third-order valence-electron chi connectivity index (χ3n) is 4.01. The molecule has 4 heteroatoms. The van der Waals surface area contributed by atoms with Crippen LogP contribution in [0.5, 0.6) is 0 Å². The Balaban J connectivity index is 2.10. The Morgan fingerprint density at radius 1 is 1.04 bits per heavy atom. The first-order valence-corrected chi connectivity index (χ1v) is 8.31. The van der Waals surface area contributed by atoms with Crippen molar-refractivity contribution in [2.45, 2.75) is 45.6 Å². The second-order valence-electron chi connectivity index (χ2n) is 5.87. The van der Waals surface area contributed by atoms with Crippen molar-refractivity contribution in [1.29, 1.82) is 0 Å². The Morgan fingerprint density at radius 2 is 1.58 bits per heavy atom. The molecular weight excluding hydrogens is 302 g/mol. The molecule has 0 unspecified atom stereocenters. The molecule has 0 aromatic heterocycles. The maximum Gasteiger partial charge on any atom is 0.410 e. The van der Waals surface area contributed by atoms with E-state index < -0.39 is 12.2 Å². The molecule has 0 saturated carbocycles. The molecule has 0 saturated heterocycles. The van der Waals surface area contributed by atoms with Crippen molar-refractivity contribution in [3.8, 4) is 0 Å². The molecule has 24 heavy (non-hydrogen) atoms. The minimum Gasteiger partial charge on any atom is -0.445 e. The van der Waals surface area contributed by atoms with Crippen LogP contribution in [-0.2, 0) is 17.9 Å². The maximum atomic E-state index is 12.6. The first-order chi connectivity index (χ1) is 11.6. The zero-order valence-corrected chi connectivity index (χ0v) is 14.3. The van der Waals surface area contributed by atoms with Crippen molar-refractivity contribution in [3.63, 3.8) is 0 Å². The van der Waals surface area contributed by atoms with Crippen molar-refractivity contribution in [2.75, 3.05) is 0 Å². The van der Waals surface area contributed by atoms with E-state index in [-0.39, 0.29) is 12.6 Å². The first kappa shape index (κ1) is 18.0. The summed E-state index contributed by atoms with van der Waals surface area (Å²) in [7, 11) is 0. The molecule has 1 N–H and O–H groups in total. The number of nitrogens with zero attached hydrogens (tertiary/aromatic N) is 1. The molecule has 0 spiro atoms. The van der Waals surface area contributed by atoms with Gasteiger partial charge in [0, 0.05) is 6.54 Å². The molecule has 0 radical (unpaired) electrons. The standard InChI is InChI=1S/C20H25NO3/c1-3-19(16(2)22)21(14-17-10-6-4-7-11-17)20(23)24-15-18-12-8-5-9-13-18/h4-13,16,19,22H,3,14-15H2,1-2H3/t16-,19+/m0/s1. The number of carbonyl (C=O) groups excluding carboxylic acids is 1. The number of benzene rings is 2. The van der Waals surface area contributed by atoms with Crippen molar-refractivity contribution >= 4 is 6.09 Å². The average Bonchev–Trinajstić information content (AvgIpc) is 2.61. The molecule has 4 nitrogen and oxygen atoms in total. The van der Waals surface area contributed by atoms with E-state index in [1.54, 1.807) is 11.8 Å². The first-order valence-electron chi connectivity index (χ1n) is 8.31. The van der Waals surface area contributed by atoms with Crippen LogP contribution in [0.1, 0.15) is 31.4 Å². The fourth-order valence-electron chi connectivity index (χ4n) is 2.72. The normalized spacial score (nSPS) is 13.1. The van der Waals surface area contributed by atoms with Crippen LogP contribution in [0.3, 0.4) is 0 Å². The Hall–Kier alpha value is -2.33. The van der Waals surface area contributed by atoms with E-state index in [4.69, 9.17) is 4.74 Å². The lowest BCUT2D eigenvalue weighted by atomic mass is 10.1. The summed E-state index contributed by atoms with van der Waals surface area (Å²) in [4.78, 5) is 14.2. The lowest BCUT2D eigenvalue weighted by Gasteiger charge is -2.32. The van der Waals surface area contributed by atoms with Gasteiger partial charge in [-0.25, -0.2) is 4.79 Å². The largest absolute Gasteiger partial charge is 0.445 e. The van der Waals surface area contributed by atoms with Gasteiger partial charge in [-0.2, -0.15) is 0 Å². The zero-order valence-electron chi connectivity index (χ0n) is 14.3. The fraction of sp³-hybridized carbons (Fsp3) is 0.350. The van der Waals surface area contributed by atoms with E-state index >= 15 is 0 Å². The van der Waals surface area contributed by atoms with Crippen LogP contribution in [0.4, 0.5) is 4.79 Å². The topological polar surface area (TPSA) is 49.8 Å². The molecule has 0 bridgehead atoms. The van der Waals surface area contributed by atoms with Gasteiger partial charge in [-0.15, -0.1) is 0 Å². The van der Waals surface area contributed by atoms with E-state index in [1.165, 1.54) is 0 Å². The molecule has 0 aliphatic carbocycles. The number of ether oxygens (including phenoxy) is 1. The summed E-state index contributed by atoms with van der Waals surface area (Å²) < 4.78 is 5.47. The van der Waals surface area contributed by atoms with E-state index in [1.807, 2.05) is 67.6 Å². The number of hydrogen-bond donors (Lipinski definition) is 1. The van der Waals surface area contributed by atoms with Crippen LogP contribution in [0.2, 0.25) is 0 Å². The van der Waals surface area contributed by atoms with Crippen LogP contribution in [-0.4, -0.2) is 28.2 Å². The van der Waals surface area contributed by atoms with Crippen LogP contribution >= 0.6 is 0 Å². The predicted molar refractivity (Wildman–Crippen MR) is 94.4 cm³/mol. The van der Waals surface area contributed by atoms with Gasteiger partial charge >= 0.3 is 6.09 Å². The molecule has 0 heterocycles. The Morgan fingerprint density at radius 3 is 2.08 bits per heavy atom. The molecule has 0 aliphatic heterocycles. The van der Waals surface area contributed by atoms with Gasteiger partial charge in [-0.3, -0.25) is 4.90 Å².